The molecule has 0 saturated heterocycles. The average Bonchev–Trinajstić information content (AvgIpc) is 3.12. The zero-order chi connectivity index (χ0) is 17.3. The van der Waals surface area contributed by atoms with Crippen molar-refractivity contribution in [1.29, 1.82) is 0 Å². The van der Waals surface area contributed by atoms with Gasteiger partial charge in [-0.2, -0.15) is 0 Å². The maximum absolute atomic E-state index is 13.7. The van der Waals surface area contributed by atoms with Crippen molar-refractivity contribution < 1.29 is 18.7 Å². The Balaban J connectivity index is 1.74. The second-order valence-electron chi connectivity index (χ2n) is 5.89. The van der Waals surface area contributed by atoms with Gasteiger partial charge in [0.2, 0.25) is 0 Å². The molecule has 0 unspecified atom stereocenters. The molecule has 1 aromatic heterocycles. The number of carbonyl (C=O) groups is 2. The molecule has 1 amide bonds. The molecule has 6 nitrogen and oxygen atoms in total. The molecular formula is C16H18FN3O3S. The average molecular weight is 351 g/mol. The lowest BCUT2D eigenvalue weighted by Gasteiger charge is -2.13. The lowest BCUT2D eigenvalue weighted by atomic mass is 10.1. The number of fused-ring (bicyclic) bond motifs is 1. The fourth-order valence-electron chi connectivity index (χ4n) is 3.14. The predicted octanol–water partition coefficient (Wildman–Crippen LogP) is 2.83. The number of benzene rings is 1. The van der Waals surface area contributed by atoms with Crippen LogP contribution in [0.4, 0.5) is 4.39 Å². The molecule has 0 bridgehead atoms. The van der Waals surface area contributed by atoms with E-state index in [-0.39, 0.29) is 29.4 Å². The van der Waals surface area contributed by atoms with Crippen molar-refractivity contribution in [1.82, 2.24) is 15.3 Å². The lowest BCUT2D eigenvalue weighted by molar-refractivity contribution is -0.147. The van der Waals surface area contributed by atoms with Crippen LogP contribution in [0, 0.1) is 16.5 Å². The smallest absolute Gasteiger partial charge is 0.308 e. The molecule has 1 fully saturated rings. The Labute approximate surface area is 142 Å². The number of hydrogen-bond acceptors (Lipinski definition) is 4. The second kappa shape index (κ2) is 6.72. The summed E-state index contributed by atoms with van der Waals surface area (Å²) < 4.78 is 19.1. The molecule has 1 aromatic carbocycles. The van der Waals surface area contributed by atoms with Crippen LogP contribution in [0.1, 0.15) is 36.5 Å². The lowest BCUT2D eigenvalue weighted by Crippen LogP contribution is -2.33. The van der Waals surface area contributed by atoms with Gasteiger partial charge in [0.15, 0.2) is 4.77 Å². The summed E-state index contributed by atoms with van der Waals surface area (Å²) in [5.41, 5.74) is 1.11. The largest absolute Gasteiger partial charge is 0.466 e. The van der Waals surface area contributed by atoms with Gasteiger partial charge < -0.3 is 20.0 Å². The summed E-state index contributed by atoms with van der Waals surface area (Å²) in [5.74, 6) is -1.33. The van der Waals surface area contributed by atoms with E-state index < -0.39 is 5.82 Å². The summed E-state index contributed by atoms with van der Waals surface area (Å²) in [6.45, 7) is 2.11. The van der Waals surface area contributed by atoms with Crippen molar-refractivity contribution in [3.8, 4) is 0 Å². The van der Waals surface area contributed by atoms with Gasteiger partial charge in [-0.1, -0.05) is 0 Å². The van der Waals surface area contributed by atoms with Crippen LogP contribution in [-0.2, 0) is 9.53 Å². The van der Waals surface area contributed by atoms with Crippen LogP contribution in [0.25, 0.3) is 11.0 Å². The van der Waals surface area contributed by atoms with Crippen molar-refractivity contribution in [3.63, 3.8) is 0 Å². The quantitative estimate of drug-likeness (QED) is 0.584. The fraction of sp³-hybridized carbons (Fsp3) is 0.438. The summed E-state index contributed by atoms with van der Waals surface area (Å²) in [6, 6.07) is 2.33. The number of nitrogens with one attached hydrogen (secondary N) is 3. The number of carbonyl (C=O) groups excluding carboxylic acids is 2. The number of halogens is 1. The molecule has 2 aromatic rings. The number of H-pyrrole nitrogens is 2. The van der Waals surface area contributed by atoms with Crippen LogP contribution in [0.3, 0.4) is 0 Å². The molecular weight excluding hydrogens is 333 g/mol. The molecule has 8 heteroatoms. The van der Waals surface area contributed by atoms with E-state index in [2.05, 4.69) is 15.3 Å². The number of ether oxygens (including phenoxy) is 1. The van der Waals surface area contributed by atoms with Crippen LogP contribution >= 0.6 is 12.2 Å². The van der Waals surface area contributed by atoms with Gasteiger partial charge in [0.25, 0.3) is 5.91 Å². The molecule has 128 valence electrons. The highest BCUT2D eigenvalue weighted by atomic mass is 32.1. The number of hydrogen-bond donors (Lipinski definition) is 3. The first kappa shape index (κ1) is 16.6. The Morgan fingerprint density at radius 3 is 2.92 bits per heavy atom. The number of imidazole rings is 1. The van der Waals surface area contributed by atoms with Gasteiger partial charge in [-0.05, 0) is 50.5 Å². The first-order valence-electron chi connectivity index (χ1n) is 7.87. The maximum Gasteiger partial charge on any atom is 0.308 e. The van der Waals surface area contributed by atoms with Crippen LogP contribution in [0.2, 0.25) is 0 Å². The van der Waals surface area contributed by atoms with Gasteiger partial charge in [0, 0.05) is 6.04 Å². The number of aromatic amines is 2. The molecule has 3 rings (SSSR count). The topological polar surface area (TPSA) is 87.0 Å². The molecule has 0 aliphatic heterocycles. The number of amides is 1. The Kier molecular flexibility index (Phi) is 4.66. The third kappa shape index (κ3) is 3.33. The van der Waals surface area contributed by atoms with E-state index in [4.69, 9.17) is 17.0 Å². The molecule has 1 aliphatic rings. The molecule has 24 heavy (non-hydrogen) atoms. The van der Waals surface area contributed by atoms with Crippen molar-refractivity contribution in [2.45, 2.75) is 32.2 Å². The van der Waals surface area contributed by atoms with Crippen molar-refractivity contribution in [2.75, 3.05) is 6.61 Å². The zero-order valence-electron chi connectivity index (χ0n) is 13.1. The van der Waals surface area contributed by atoms with Gasteiger partial charge in [-0.25, -0.2) is 4.39 Å². The highest BCUT2D eigenvalue weighted by Gasteiger charge is 2.32. The van der Waals surface area contributed by atoms with Gasteiger partial charge in [-0.15, -0.1) is 0 Å². The van der Waals surface area contributed by atoms with E-state index in [0.29, 0.717) is 41.7 Å². The molecule has 0 spiro atoms. The number of esters is 1. The van der Waals surface area contributed by atoms with E-state index in [1.165, 1.54) is 12.1 Å². The summed E-state index contributed by atoms with van der Waals surface area (Å²) in [6.07, 6.45) is 1.90. The van der Waals surface area contributed by atoms with Gasteiger partial charge in [0.05, 0.1) is 29.1 Å². The van der Waals surface area contributed by atoms with E-state index in [1.807, 2.05) is 0 Å². The molecule has 2 atom stereocenters. The summed E-state index contributed by atoms with van der Waals surface area (Å²) in [5, 5.41) is 2.87. The van der Waals surface area contributed by atoms with Crippen LogP contribution in [-0.4, -0.2) is 34.5 Å². The molecule has 3 N–H and O–H groups in total. The normalized spacial score (nSPS) is 20.2. The Hall–Kier alpha value is -2.22. The molecule has 1 heterocycles. The SMILES string of the molecule is CCOC(=O)[C@H]1CC[C@@H](NC(=O)c2cc(F)cc3[nH]c(=S)[nH]c23)C1. The third-order valence-electron chi connectivity index (χ3n) is 4.22. The second-order valence-corrected chi connectivity index (χ2v) is 6.30. The van der Waals surface area contributed by atoms with E-state index >= 15 is 0 Å². The fourth-order valence-corrected chi connectivity index (χ4v) is 3.35. The van der Waals surface area contributed by atoms with E-state index in [9.17, 15) is 14.0 Å². The summed E-state index contributed by atoms with van der Waals surface area (Å²) in [7, 11) is 0. The summed E-state index contributed by atoms with van der Waals surface area (Å²) >= 11 is 5.00. The first-order valence-corrected chi connectivity index (χ1v) is 8.27. The minimum Gasteiger partial charge on any atom is -0.466 e. The standard InChI is InChI=1S/C16H18FN3O3S/c1-2-23-15(22)8-3-4-10(5-8)18-14(21)11-6-9(17)7-12-13(11)20-16(24)19-12/h6-8,10H,2-5H2,1H3,(H,18,21)(H2,19,20,24)/t8-,10+/m0/s1. The van der Waals surface area contributed by atoms with E-state index in [1.54, 1.807) is 6.92 Å². The Bertz CT molecular complexity index is 845. The minimum atomic E-state index is -0.520. The van der Waals surface area contributed by atoms with Gasteiger partial charge in [-0.3, -0.25) is 9.59 Å². The third-order valence-corrected chi connectivity index (χ3v) is 4.43. The maximum atomic E-state index is 13.7. The predicted molar refractivity (Wildman–Crippen MR) is 88.7 cm³/mol. The van der Waals surface area contributed by atoms with Gasteiger partial charge >= 0.3 is 5.97 Å². The van der Waals surface area contributed by atoms with Crippen LogP contribution in [0.15, 0.2) is 12.1 Å². The summed E-state index contributed by atoms with van der Waals surface area (Å²) in [4.78, 5) is 29.9. The molecule has 1 saturated carbocycles. The van der Waals surface area contributed by atoms with E-state index in [0.717, 1.165) is 0 Å². The number of rotatable bonds is 4. The number of aromatic nitrogens is 2. The highest BCUT2D eigenvalue weighted by molar-refractivity contribution is 7.71. The monoisotopic (exact) mass is 351 g/mol. The van der Waals surface area contributed by atoms with Crippen molar-refractivity contribution in [2.24, 2.45) is 5.92 Å². The highest BCUT2D eigenvalue weighted by Crippen LogP contribution is 2.27. The molecule has 0 radical (unpaired) electrons. The van der Waals surface area contributed by atoms with Crippen molar-refractivity contribution in [3.05, 3.63) is 28.3 Å². The van der Waals surface area contributed by atoms with Gasteiger partial charge in [0.1, 0.15) is 5.82 Å². The van der Waals surface area contributed by atoms with Crippen LogP contribution < -0.4 is 5.32 Å². The van der Waals surface area contributed by atoms with Crippen molar-refractivity contribution >= 4 is 35.1 Å². The Morgan fingerprint density at radius 2 is 2.17 bits per heavy atom. The molecule has 1 aliphatic carbocycles. The van der Waals surface area contributed by atoms with Crippen LogP contribution in [0.5, 0.6) is 0 Å². The first-order chi connectivity index (χ1) is 11.5. The minimum absolute atomic E-state index is 0.132. The zero-order valence-corrected chi connectivity index (χ0v) is 14.0. The Morgan fingerprint density at radius 1 is 1.38 bits per heavy atom.